The van der Waals surface area contributed by atoms with Crippen LogP contribution in [0.2, 0.25) is 0 Å². The van der Waals surface area contributed by atoms with E-state index in [2.05, 4.69) is 45.6 Å². The lowest BCUT2D eigenvalue weighted by Crippen LogP contribution is -2.50. The van der Waals surface area contributed by atoms with Gasteiger partial charge in [-0.3, -0.25) is 4.79 Å². The fraction of sp³-hybridized carbons (Fsp3) is 0.533. The molecule has 1 aliphatic heterocycles. The minimum atomic E-state index is 0. The van der Waals surface area contributed by atoms with Crippen LogP contribution in [0.5, 0.6) is 0 Å². The molecule has 2 N–H and O–H groups in total. The lowest BCUT2D eigenvalue weighted by molar-refractivity contribution is -0.122. The molecule has 2 atom stereocenters. The number of benzene rings is 1. The van der Waals surface area contributed by atoms with Gasteiger partial charge in [0.25, 0.3) is 0 Å². The first-order chi connectivity index (χ1) is 9.15. The number of hydrogen-bond acceptors (Lipinski definition) is 2. The molecule has 0 bridgehead atoms. The van der Waals surface area contributed by atoms with Crippen molar-refractivity contribution in [3.8, 4) is 0 Å². The van der Waals surface area contributed by atoms with Gasteiger partial charge in [0.1, 0.15) is 0 Å². The molecule has 112 valence electrons. The molecule has 5 heteroatoms. The van der Waals surface area contributed by atoms with Crippen LogP contribution in [0, 0.1) is 5.92 Å². The topological polar surface area (TPSA) is 41.1 Å². The number of carbonyl (C=O) groups excluding carboxylic acids is 1. The van der Waals surface area contributed by atoms with Crippen molar-refractivity contribution in [1.82, 2.24) is 10.6 Å². The third-order valence-electron chi connectivity index (χ3n) is 3.73. The normalized spacial score (nSPS) is 21.9. The molecule has 0 aliphatic carbocycles. The van der Waals surface area contributed by atoms with Crippen molar-refractivity contribution in [2.75, 3.05) is 13.1 Å². The average molecular weight is 362 g/mol. The number of carbonyl (C=O) groups is 1. The van der Waals surface area contributed by atoms with Crippen LogP contribution in [0.1, 0.15) is 25.3 Å². The minimum Gasteiger partial charge on any atom is -0.352 e. The zero-order chi connectivity index (χ0) is 13.7. The highest BCUT2D eigenvalue weighted by Gasteiger charge is 2.22. The molecule has 1 aromatic rings. The predicted octanol–water partition coefficient (Wildman–Crippen LogP) is 2.92. The number of halogens is 2. The summed E-state index contributed by atoms with van der Waals surface area (Å²) in [6, 6.07) is 8.43. The zero-order valence-electron chi connectivity index (χ0n) is 11.7. The highest BCUT2D eigenvalue weighted by molar-refractivity contribution is 9.10. The quantitative estimate of drug-likeness (QED) is 0.866. The fourth-order valence-corrected chi connectivity index (χ4v) is 2.64. The lowest BCUT2D eigenvalue weighted by atomic mass is 9.94. The third kappa shape index (κ3) is 5.43. The smallest absolute Gasteiger partial charge is 0.220 e. The van der Waals surface area contributed by atoms with E-state index >= 15 is 0 Å². The maximum absolute atomic E-state index is 11.9. The van der Waals surface area contributed by atoms with Crippen LogP contribution in [0.4, 0.5) is 0 Å². The zero-order valence-corrected chi connectivity index (χ0v) is 14.1. The summed E-state index contributed by atoms with van der Waals surface area (Å²) in [6.07, 6.45) is 2.50. The Hall–Kier alpha value is -0.580. The summed E-state index contributed by atoms with van der Waals surface area (Å²) in [5.74, 6) is 0.723. The van der Waals surface area contributed by atoms with Gasteiger partial charge in [-0.15, -0.1) is 12.4 Å². The molecule has 1 aliphatic rings. The van der Waals surface area contributed by atoms with E-state index < -0.39 is 0 Å². The first-order valence-electron chi connectivity index (χ1n) is 6.89. The van der Waals surface area contributed by atoms with Gasteiger partial charge in [0.05, 0.1) is 0 Å². The summed E-state index contributed by atoms with van der Waals surface area (Å²) in [7, 11) is 0. The molecule has 0 aromatic heterocycles. The van der Waals surface area contributed by atoms with Crippen LogP contribution in [-0.2, 0) is 11.2 Å². The maximum Gasteiger partial charge on any atom is 0.220 e. The fourth-order valence-electron chi connectivity index (χ4n) is 2.37. The Kier molecular flexibility index (Phi) is 7.56. The van der Waals surface area contributed by atoms with E-state index in [4.69, 9.17) is 0 Å². The molecule has 20 heavy (non-hydrogen) atoms. The second-order valence-corrected chi connectivity index (χ2v) is 6.19. The Bertz CT molecular complexity index is 424. The highest BCUT2D eigenvalue weighted by Crippen LogP contribution is 2.13. The maximum atomic E-state index is 11.9. The molecule has 3 nitrogen and oxygen atoms in total. The highest BCUT2D eigenvalue weighted by atomic mass is 79.9. The summed E-state index contributed by atoms with van der Waals surface area (Å²) < 4.78 is 1.07. The van der Waals surface area contributed by atoms with Gasteiger partial charge in [-0.1, -0.05) is 35.0 Å². The largest absolute Gasteiger partial charge is 0.352 e. The first kappa shape index (κ1) is 17.5. The lowest BCUT2D eigenvalue weighted by Gasteiger charge is -2.30. The van der Waals surface area contributed by atoms with Gasteiger partial charge < -0.3 is 10.6 Å². The Labute approximate surface area is 135 Å². The van der Waals surface area contributed by atoms with Crippen LogP contribution in [0.25, 0.3) is 0 Å². The van der Waals surface area contributed by atoms with Crippen molar-refractivity contribution in [3.05, 3.63) is 34.3 Å². The monoisotopic (exact) mass is 360 g/mol. The van der Waals surface area contributed by atoms with E-state index in [9.17, 15) is 4.79 Å². The predicted molar refractivity (Wildman–Crippen MR) is 88.3 cm³/mol. The first-order valence-corrected chi connectivity index (χ1v) is 7.69. The standard InChI is InChI=1S/C15H21BrN2O.ClH/c1-11-8-9-17-10-14(11)18-15(19)7-4-12-2-5-13(16)6-3-12;/h2-3,5-6,11,14,17H,4,7-10H2,1H3,(H,18,19);1H. The number of rotatable bonds is 4. The van der Waals surface area contributed by atoms with Crippen LogP contribution in [0.3, 0.4) is 0 Å². The van der Waals surface area contributed by atoms with E-state index in [0.717, 1.165) is 30.4 Å². The second-order valence-electron chi connectivity index (χ2n) is 5.27. The number of aryl methyl sites for hydroxylation is 1. The van der Waals surface area contributed by atoms with E-state index in [1.807, 2.05) is 12.1 Å². The van der Waals surface area contributed by atoms with E-state index in [0.29, 0.717) is 12.3 Å². The van der Waals surface area contributed by atoms with Crippen molar-refractivity contribution < 1.29 is 4.79 Å². The number of nitrogens with one attached hydrogen (secondary N) is 2. The van der Waals surface area contributed by atoms with Gasteiger partial charge >= 0.3 is 0 Å². The summed E-state index contributed by atoms with van der Waals surface area (Å²) in [6.45, 7) is 4.16. The van der Waals surface area contributed by atoms with Crippen molar-refractivity contribution in [1.29, 1.82) is 0 Å². The summed E-state index contributed by atoms with van der Waals surface area (Å²) in [4.78, 5) is 11.9. The van der Waals surface area contributed by atoms with Crippen molar-refractivity contribution >= 4 is 34.2 Å². The molecule has 1 fully saturated rings. The average Bonchev–Trinajstić information content (AvgIpc) is 2.41. The molecule has 2 rings (SSSR count). The Morgan fingerprint density at radius 3 is 2.75 bits per heavy atom. The van der Waals surface area contributed by atoms with Crippen LogP contribution < -0.4 is 10.6 Å². The molecule has 0 spiro atoms. The molecule has 2 unspecified atom stereocenters. The van der Waals surface area contributed by atoms with Gasteiger partial charge in [0.15, 0.2) is 0 Å². The van der Waals surface area contributed by atoms with Crippen molar-refractivity contribution in [2.24, 2.45) is 5.92 Å². The van der Waals surface area contributed by atoms with Gasteiger partial charge in [-0.05, 0) is 43.0 Å². The Morgan fingerprint density at radius 2 is 2.10 bits per heavy atom. The molecule has 1 aromatic carbocycles. The van der Waals surface area contributed by atoms with E-state index in [-0.39, 0.29) is 24.4 Å². The number of hydrogen-bond donors (Lipinski definition) is 2. The Morgan fingerprint density at radius 1 is 1.40 bits per heavy atom. The number of piperidine rings is 1. The molecule has 0 radical (unpaired) electrons. The summed E-state index contributed by atoms with van der Waals surface area (Å²) in [5, 5.41) is 6.47. The SMILES string of the molecule is CC1CCNCC1NC(=O)CCc1ccc(Br)cc1.Cl. The minimum absolute atomic E-state index is 0. The Balaban J connectivity index is 0.00000200. The van der Waals surface area contributed by atoms with Gasteiger partial charge in [-0.2, -0.15) is 0 Å². The molecule has 1 amide bonds. The van der Waals surface area contributed by atoms with Gasteiger partial charge in [0, 0.05) is 23.5 Å². The summed E-state index contributed by atoms with van der Waals surface area (Å²) in [5.41, 5.74) is 1.20. The molecule has 0 saturated carbocycles. The van der Waals surface area contributed by atoms with Crippen LogP contribution in [0.15, 0.2) is 28.7 Å². The van der Waals surface area contributed by atoms with Gasteiger partial charge in [0.2, 0.25) is 5.91 Å². The second kappa shape index (κ2) is 8.65. The molecular weight excluding hydrogens is 340 g/mol. The summed E-state index contributed by atoms with van der Waals surface area (Å²) >= 11 is 3.41. The van der Waals surface area contributed by atoms with Crippen LogP contribution >= 0.6 is 28.3 Å². The third-order valence-corrected chi connectivity index (χ3v) is 4.26. The molecular formula is C15H22BrClN2O. The van der Waals surface area contributed by atoms with Crippen LogP contribution in [-0.4, -0.2) is 25.0 Å². The van der Waals surface area contributed by atoms with Gasteiger partial charge in [-0.25, -0.2) is 0 Å². The van der Waals surface area contributed by atoms with E-state index in [1.54, 1.807) is 0 Å². The van der Waals surface area contributed by atoms with Crippen molar-refractivity contribution in [3.63, 3.8) is 0 Å². The molecule has 1 heterocycles. The van der Waals surface area contributed by atoms with E-state index in [1.165, 1.54) is 5.56 Å². The molecule has 1 saturated heterocycles. The van der Waals surface area contributed by atoms with Crippen molar-refractivity contribution in [2.45, 2.75) is 32.2 Å². The number of amides is 1.